The van der Waals surface area contributed by atoms with Crippen LogP contribution in [-0.4, -0.2) is 32.3 Å². The number of methoxy groups -OCH3 is 1. The molecule has 2 aromatic carbocycles. The van der Waals surface area contributed by atoms with E-state index in [1.54, 1.807) is 19.2 Å². The number of carbonyl (C=O) groups is 1. The van der Waals surface area contributed by atoms with Crippen LogP contribution in [0.15, 0.2) is 46.9 Å². The minimum absolute atomic E-state index is 0.147. The molecule has 4 rings (SSSR count). The lowest BCUT2D eigenvalue weighted by Crippen LogP contribution is -2.16. The third-order valence-electron chi connectivity index (χ3n) is 4.90. The second kappa shape index (κ2) is 7.94. The smallest absolute Gasteiger partial charge is 0.291 e. The zero-order chi connectivity index (χ0) is 19.5. The van der Waals surface area contributed by atoms with Gasteiger partial charge >= 0.3 is 0 Å². The molecule has 1 amide bonds. The Bertz CT molecular complexity index is 988. The van der Waals surface area contributed by atoms with Gasteiger partial charge in [-0.3, -0.25) is 4.79 Å². The SMILES string of the molecule is COc1ccc2oc(C(=O)Nc3cccc(OCC4CCCO4)c3)c(C)c2c1. The van der Waals surface area contributed by atoms with Crippen LogP contribution in [0, 0.1) is 6.92 Å². The summed E-state index contributed by atoms with van der Waals surface area (Å²) in [5, 5.41) is 3.74. The highest BCUT2D eigenvalue weighted by Gasteiger charge is 2.19. The van der Waals surface area contributed by atoms with Crippen molar-refractivity contribution in [2.24, 2.45) is 0 Å². The number of hydrogen-bond donors (Lipinski definition) is 1. The number of hydrogen-bond acceptors (Lipinski definition) is 5. The van der Waals surface area contributed by atoms with E-state index >= 15 is 0 Å². The standard InChI is InChI=1S/C22H23NO5/c1-14-19-12-16(25-2)8-9-20(19)28-21(14)22(24)23-15-5-3-6-17(11-15)27-13-18-7-4-10-26-18/h3,5-6,8-9,11-12,18H,4,7,10,13H2,1-2H3,(H,23,24). The fourth-order valence-corrected chi connectivity index (χ4v) is 3.36. The molecule has 146 valence electrons. The number of carbonyl (C=O) groups excluding carboxylic acids is 1. The zero-order valence-corrected chi connectivity index (χ0v) is 16.0. The van der Waals surface area contributed by atoms with E-state index in [1.807, 2.05) is 37.3 Å². The Labute approximate surface area is 163 Å². The first-order chi connectivity index (χ1) is 13.6. The van der Waals surface area contributed by atoms with Crippen LogP contribution in [0.5, 0.6) is 11.5 Å². The molecular weight excluding hydrogens is 358 g/mol. The van der Waals surface area contributed by atoms with Gasteiger partial charge in [0, 0.05) is 29.3 Å². The molecule has 1 unspecified atom stereocenters. The minimum Gasteiger partial charge on any atom is -0.497 e. The van der Waals surface area contributed by atoms with E-state index in [9.17, 15) is 4.79 Å². The molecule has 6 heteroatoms. The summed E-state index contributed by atoms with van der Waals surface area (Å²) in [6.07, 6.45) is 2.24. The van der Waals surface area contributed by atoms with Crippen LogP contribution in [0.4, 0.5) is 5.69 Å². The molecule has 1 atom stereocenters. The number of benzene rings is 2. The first kappa shape index (κ1) is 18.4. The van der Waals surface area contributed by atoms with E-state index in [4.69, 9.17) is 18.6 Å². The van der Waals surface area contributed by atoms with E-state index in [2.05, 4.69) is 5.32 Å². The average molecular weight is 381 g/mol. The maximum atomic E-state index is 12.7. The van der Waals surface area contributed by atoms with Gasteiger partial charge in [-0.05, 0) is 50.1 Å². The number of nitrogens with one attached hydrogen (secondary N) is 1. The van der Waals surface area contributed by atoms with E-state index in [0.717, 1.165) is 36.1 Å². The Kier molecular flexibility index (Phi) is 5.21. The molecule has 1 aliphatic rings. The van der Waals surface area contributed by atoms with Crippen LogP contribution < -0.4 is 14.8 Å². The molecule has 1 fully saturated rings. The summed E-state index contributed by atoms with van der Waals surface area (Å²) >= 11 is 0. The number of aryl methyl sites for hydroxylation is 1. The maximum absolute atomic E-state index is 12.7. The lowest BCUT2D eigenvalue weighted by Gasteiger charge is -2.12. The predicted octanol–water partition coefficient (Wildman–Crippen LogP) is 4.56. The van der Waals surface area contributed by atoms with Crippen molar-refractivity contribution in [3.8, 4) is 11.5 Å². The van der Waals surface area contributed by atoms with Crippen LogP contribution in [0.1, 0.15) is 29.0 Å². The van der Waals surface area contributed by atoms with Crippen molar-refractivity contribution >= 4 is 22.6 Å². The number of ether oxygens (including phenoxy) is 3. The van der Waals surface area contributed by atoms with Crippen LogP contribution >= 0.6 is 0 Å². The van der Waals surface area contributed by atoms with Gasteiger partial charge < -0.3 is 23.9 Å². The van der Waals surface area contributed by atoms with Gasteiger partial charge in [-0.1, -0.05) is 6.07 Å². The number of anilines is 1. The summed E-state index contributed by atoms with van der Waals surface area (Å²) in [7, 11) is 1.61. The fraction of sp³-hybridized carbons (Fsp3) is 0.318. The molecule has 1 aliphatic heterocycles. The van der Waals surface area contributed by atoms with Gasteiger partial charge in [0.25, 0.3) is 5.91 Å². The van der Waals surface area contributed by atoms with Crippen molar-refractivity contribution in [2.75, 3.05) is 25.6 Å². The topological polar surface area (TPSA) is 69.9 Å². The summed E-state index contributed by atoms with van der Waals surface area (Å²) < 4.78 is 22.4. The number of fused-ring (bicyclic) bond motifs is 1. The fourth-order valence-electron chi connectivity index (χ4n) is 3.36. The van der Waals surface area contributed by atoms with Crippen molar-refractivity contribution in [3.05, 3.63) is 53.8 Å². The Morgan fingerprint density at radius 3 is 2.89 bits per heavy atom. The molecule has 2 heterocycles. The van der Waals surface area contributed by atoms with Gasteiger partial charge in [-0.25, -0.2) is 0 Å². The van der Waals surface area contributed by atoms with Gasteiger partial charge in [0.15, 0.2) is 5.76 Å². The molecule has 0 radical (unpaired) electrons. The highest BCUT2D eigenvalue weighted by molar-refractivity contribution is 6.06. The first-order valence-electron chi connectivity index (χ1n) is 9.37. The quantitative estimate of drug-likeness (QED) is 0.678. The van der Waals surface area contributed by atoms with E-state index in [0.29, 0.717) is 23.6 Å². The predicted molar refractivity (Wildman–Crippen MR) is 106 cm³/mol. The summed E-state index contributed by atoms with van der Waals surface area (Å²) in [5.41, 5.74) is 2.07. The van der Waals surface area contributed by atoms with Crippen molar-refractivity contribution in [3.63, 3.8) is 0 Å². The van der Waals surface area contributed by atoms with Crippen LogP contribution in [0.3, 0.4) is 0 Å². The highest BCUT2D eigenvalue weighted by atomic mass is 16.5. The molecule has 0 aliphatic carbocycles. The summed E-state index contributed by atoms with van der Waals surface area (Å²) in [5.74, 6) is 1.40. The lowest BCUT2D eigenvalue weighted by molar-refractivity contribution is 0.0679. The first-order valence-corrected chi connectivity index (χ1v) is 9.37. The van der Waals surface area contributed by atoms with Crippen molar-refractivity contribution in [2.45, 2.75) is 25.9 Å². The minimum atomic E-state index is -0.302. The second-order valence-electron chi connectivity index (χ2n) is 6.85. The summed E-state index contributed by atoms with van der Waals surface area (Å²) in [6.45, 7) is 3.18. The zero-order valence-electron chi connectivity index (χ0n) is 16.0. The summed E-state index contributed by atoms with van der Waals surface area (Å²) in [4.78, 5) is 12.7. The third-order valence-corrected chi connectivity index (χ3v) is 4.90. The Morgan fingerprint density at radius 2 is 2.11 bits per heavy atom. The number of furan rings is 1. The largest absolute Gasteiger partial charge is 0.497 e. The monoisotopic (exact) mass is 381 g/mol. The average Bonchev–Trinajstić information content (AvgIpc) is 3.34. The van der Waals surface area contributed by atoms with Crippen LogP contribution in [-0.2, 0) is 4.74 Å². The molecule has 1 aromatic heterocycles. The Hall–Kier alpha value is -2.99. The Balaban J connectivity index is 1.48. The van der Waals surface area contributed by atoms with Gasteiger partial charge in [0.1, 0.15) is 23.7 Å². The third kappa shape index (κ3) is 3.82. The molecule has 3 aromatic rings. The van der Waals surface area contributed by atoms with E-state index in [-0.39, 0.29) is 17.8 Å². The molecule has 1 N–H and O–H groups in total. The normalized spacial score (nSPS) is 16.3. The van der Waals surface area contributed by atoms with E-state index < -0.39 is 0 Å². The van der Waals surface area contributed by atoms with Gasteiger partial charge in [-0.15, -0.1) is 0 Å². The molecule has 28 heavy (non-hydrogen) atoms. The lowest BCUT2D eigenvalue weighted by atomic mass is 10.1. The molecule has 1 saturated heterocycles. The molecule has 0 bridgehead atoms. The van der Waals surface area contributed by atoms with Crippen LogP contribution in [0.2, 0.25) is 0 Å². The van der Waals surface area contributed by atoms with Gasteiger partial charge in [-0.2, -0.15) is 0 Å². The van der Waals surface area contributed by atoms with Crippen molar-refractivity contribution in [1.29, 1.82) is 0 Å². The second-order valence-corrected chi connectivity index (χ2v) is 6.85. The Morgan fingerprint density at radius 1 is 1.21 bits per heavy atom. The van der Waals surface area contributed by atoms with Gasteiger partial charge in [0.05, 0.1) is 13.2 Å². The highest BCUT2D eigenvalue weighted by Crippen LogP contribution is 2.29. The number of rotatable bonds is 6. The van der Waals surface area contributed by atoms with Crippen molar-refractivity contribution < 1.29 is 23.4 Å². The van der Waals surface area contributed by atoms with E-state index in [1.165, 1.54) is 0 Å². The summed E-state index contributed by atoms with van der Waals surface area (Å²) in [6, 6.07) is 12.8. The van der Waals surface area contributed by atoms with Gasteiger partial charge in [0.2, 0.25) is 0 Å². The van der Waals surface area contributed by atoms with Crippen LogP contribution in [0.25, 0.3) is 11.0 Å². The van der Waals surface area contributed by atoms with Crippen molar-refractivity contribution in [1.82, 2.24) is 0 Å². The molecule has 0 saturated carbocycles. The molecular formula is C22H23NO5. The maximum Gasteiger partial charge on any atom is 0.291 e. The molecule has 0 spiro atoms. The number of amides is 1. The molecule has 6 nitrogen and oxygen atoms in total.